The van der Waals surface area contributed by atoms with Crippen molar-refractivity contribution < 1.29 is 0 Å². The Morgan fingerprint density at radius 1 is 0.810 bits per heavy atom. The third kappa shape index (κ3) is 1.97. The van der Waals surface area contributed by atoms with E-state index in [1.807, 2.05) is 6.07 Å². The van der Waals surface area contributed by atoms with E-state index in [0.717, 1.165) is 18.5 Å². The van der Waals surface area contributed by atoms with Crippen LogP contribution in [0, 0.1) is 6.92 Å². The summed E-state index contributed by atoms with van der Waals surface area (Å²) in [6.45, 7) is 2.20. The molecular formula is C20H17N. The van der Waals surface area contributed by atoms with Crippen LogP contribution in [0.2, 0.25) is 0 Å². The lowest BCUT2D eigenvalue weighted by molar-refractivity contribution is 0.928. The van der Waals surface area contributed by atoms with Crippen molar-refractivity contribution >= 4 is 0 Å². The van der Waals surface area contributed by atoms with Gasteiger partial charge in [0.2, 0.25) is 0 Å². The summed E-state index contributed by atoms with van der Waals surface area (Å²) < 4.78 is 0. The molecule has 4 rings (SSSR count). The molecule has 1 aliphatic rings. The predicted molar refractivity (Wildman–Crippen MR) is 87.3 cm³/mol. The van der Waals surface area contributed by atoms with Crippen molar-refractivity contribution in [2.24, 2.45) is 0 Å². The van der Waals surface area contributed by atoms with Crippen molar-refractivity contribution in [1.82, 2.24) is 4.98 Å². The number of nitrogens with zero attached hydrogens (tertiary/aromatic N) is 1. The quantitative estimate of drug-likeness (QED) is 0.618. The molecule has 0 amide bonds. The van der Waals surface area contributed by atoms with Gasteiger partial charge in [-0.2, -0.15) is 0 Å². The van der Waals surface area contributed by atoms with Gasteiger partial charge in [-0.25, -0.2) is 0 Å². The van der Waals surface area contributed by atoms with Crippen LogP contribution in [0.3, 0.4) is 0 Å². The van der Waals surface area contributed by atoms with Crippen molar-refractivity contribution in [3.8, 4) is 22.4 Å². The molecule has 3 aromatic rings. The summed E-state index contributed by atoms with van der Waals surface area (Å²) in [4.78, 5) is 4.73. The summed E-state index contributed by atoms with van der Waals surface area (Å²) in [5.74, 6) is 0. The van der Waals surface area contributed by atoms with E-state index in [1.54, 1.807) is 0 Å². The minimum atomic E-state index is 1.09. The highest BCUT2D eigenvalue weighted by atomic mass is 14.7. The van der Waals surface area contributed by atoms with Gasteiger partial charge < -0.3 is 0 Å². The molecule has 0 spiro atoms. The maximum Gasteiger partial charge on any atom is 0.0737 e. The maximum atomic E-state index is 4.73. The molecule has 21 heavy (non-hydrogen) atoms. The summed E-state index contributed by atoms with van der Waals surface area (Å²) in [5, 5.41) is 0. The van der Waals surface area contributed by atoms with E-state index >= 15 is 0 Å². The predicted octanol–water partition coefficient (Wildman–Crippen LogP) is 4.82. The monoisotopic (exact) mass is 271 g/mol. The van der Waals surface area contributed by atoms with Crippen molar-refractivity contribution in [3.63, 3.8) is 0 Å². The van der Waals surface area contributed by atoms with E-state index in [-0.39, 0.29) is 0 Å². The summed E-state index contributed by atoms with van der Waals surface area (Å²) in [6.07, 6.45) is 4.28. The zero-order chi connectivity index (χ0) is 14.2. The number of aromatic nitrogens is 1. The molecule has 1 heterocycles. The van der Waals surface area contributed by atoms with Crippen LogP contribution >= 0.6 is 0 Å². The van der Waals surface area contributed by atoms with Gasteiger partial charge in [-0.1, -0.05) is 54.6 Å². The number of aryl methyl sites for hydroxylation is 2. The largest absolute Gasteiger partial charge is 0.256 e. The van der Waals surface area contributed by atoms with E-state index in [9.17, 15) is 0 Å². The smallest absolute Gasteiger partial charge is 0.0737 e. The lowest BCUT2D eigenvalue weighted by Gasteiger charge is -2.23. The van der Waals surface area contributed by atoms with E-state index in [4.69, 9.17) is 4.98 Å². The second kappa shape index (κ2) is 4.85. The Morgan fingerprint density at radius 3 is 2.38 bits per heavy atom. The lowest BCUT2D eigenvalue weighted by Crippen LogP contribution is -2.07. The topological polar surface area (TPSA) is 12.9 Å². The summed E-state index contributed by atoms with van der Waals surface area (Å²) in [7, 11) is 0. The third-order valence-corrected chi connectivity index (χ3v) is 4.40. The second-order valence-electron chi connectivity index (χ2n) is 5.66. The van der Waals surface area contributed by atoms with Crippen molar-refractivity contribution in [1.29, 1.82) is 0 Å². The Morgan fingerprint density at radius 2 is 1.52 bits per heavy atom. The molecule has 0 atom stereocenters. The molecule has 0 bridgehead atoms. The molecule has 1 heteroatoms. The van der Waals surface area contributed by atoms with E-state index in [2.05, 4.69) is 61.7 Å². The number of pyridine rings is 1. The fourth-order valence-electron chi connectivity index (χ4n) is 3.37. The fourth-order valence-corrected chi connectivity index (χ4v) is 3.37. The van der Waals surface area contributed by atoms with Crippen LogP contribution in [0.25, 0.3) is 22.4 Å². The minimum Gasteiger partial charge on any atom is -0.256 e. The van der Waals surface area contributed by atoms with Gasteiger partial charge >= 0.3 is 0 Å². The molecule has 2 aromatic carbocycles. The zero-order valence-electron chi connectivity index (χ0n) is 12.1. The Balaban J connectivity index is 1.97. The molecule has 0 saturated carbocycles. The summed E-state index contributed by atoms with van der Waals surface area (Å²) in [6, 6.07) is 19.2. The van der Waals surface area contributed by atoms with Crippen LogP contribution in [-0.4, -0.2) is 4.98 Å². The normalized spacial score (nSPS) is 12.6. The Bertz CT molecular complexity index is 803. The summed E-state index contributed by atoms with van der Waals surface area (Å²) in [5.41, 5.74) is 9.21. The number of benzene rings is 2. The van der Waals surface area contributed by atoms with Gasteiger partial charge in [0, 0.05) is 11.8 Å². The number of fused-ring (bicyclic) bond motifs is 3. The molecule has 0 fully saturated rings. The Labute approximate surface area is 125 Å². The molecule has 0 radical (unpaired) electrons. The third-order valence-electron chi connectivity index (χ3n) is 4.40. The van der Waals surface area contributed by atoms with E-state index in [1.165, 1.54) is 33.4 Å². The van der Waals surface area contributed by atoms with Gasteiger partial charge in [0.05, 0.1) is 5.69 Å². The van der Waals surface area contributed by atoms with E-state index in [0.29, 0.717) is 0 Å². The van der Waals surface area contributed by atoms with Gasteiger partial charge in [0.1, 0.15) is 0 Å². The fraction of sp³-hybridized carbons (Fsp3) is 0.150. The van der Waals surface area contributed by atoms with Crippen molar-refractivity contribution in [2.45, 2.75) is 19.8 Å². The van der Waals surface area contributed by atoms with Crippen LogP contribution in [0.5, 0.6) is 0 Å². The van der Waals surface area contributed by atoms with Crippen molar-refractivity contribution in [3.05, 3.63) is 77.5 Å². The first kappa shape index (κ1) is 12.3. The van der Waals surface area contributed by atoms with Gasteiger partial charge in [0.15, 0.2) is 0 Å². The number of rotatable bonds is 1. The van der Waals surface area contributed by atoms with Crippen LogP contribution in [0.1, 0.15) is 16.7 Å². The Hall–Kier alpha value is -2.41. The lowest BCUT2D eigenvalue weighted by atomic mass is 9.83. The highest BCUT2D eigenvalue weighted by molar-refractivity contribution is 5.81. The average molecular weight is 271 g/mol. The molecule has 0 unspecified atom stereocenters. The molecule has 102 valence electrons. The number of hydrogen-bond donors (Lipinski definition) is 0. The van der Waals surface area contributed by atoms with Gasteiger partial charge in [-0.3, -0.25) is 4.98 Å². The first-order chi connectivity index (χ1) is 10.3. The van der Waals surface area contributed by atoms with E-state index < -0.39 is 0 Å². The number of hydrogen-bond acceptors (Lipinski definition) is 1. The molecule has 1 aliphatic carbocycles. The molecule has 0 saturated heterocycles. The first-order valence-corrected chi connectivity index (χ1v) is 7.47. The van der Waals surface area contributed by atoms with Gasteiger partial charge in [-0.15, -0.1) is 0 Å². The van der Waals surface area contributed by atoms with Crippen LogP contribution < -0.4 is 0 Å². The Kier molecular flexibility index (Phi) is 2.85. The van der Waals surface area contributed by atoms with Crippen LogP contribution in [0.4, 0.5) is 0 Å². The average Bonchev–Trinajstić information content (AvgIpc) is 2.55. The van der Waals surface area contributed by atoms with Gasteiger partial charge in [-0.05, 0) is 47.6 Å². The molecule has 0 N–H and O–H groups in total. The molecule has 1 nitrogen and oxygen atoms in total. The highest BCUT2D eigenvalue weighted by Crippen LogP contribution is 2.38. The summed E-state index contributed by atoms with van der Waals surface area (Å²) >= 11 is 0. The second-order valence-corrected chi connectivity index (χ2v) is 5.66. The van der Waals surface area contributed by atoms with Gasteiger partial charge in [0.25, 0.3) is 0 Å². The molecular weight excluding hydrogens is 254 g/mol. The highest BCUT2D eigenvalue weighted by Gasteiger charge is 2.20. The standard InChI is InChI=1S/C20H17N/c1-14-19-17(12-11-15-7-5-6-10-18(15)19)13-21-20(14)16-8-3-2-4-9-16/h2-10,13H,11-12H2,1H3. The van der Waals surface area contributed by atoms with Crippen molar-refractivity contribution in [2.75, 3.05) is 0 Å². The zero-order valence-corrected chi connectivity index (χ0v) is 12.1. The van der Waals surface area contributed by atoms with Crippen LogP contribution in [0.15, 0.2) is 60.8 Å². The molecule has 0 aliphatic heterocycles. The molecule has 1 aromatic heterocycles. The SMILES string of the molecule is Cc1c(-c2ccccc2)ncc2c1-c1ccccc1CC2. The first-order valence-electron chi connectivity index (χ1n) is 7.47. The maximum absolute atomic E-state index is 4.73. The van der Waals surface area contributed by atoms with Crippen LogP contribution in [-0.2, 0) is 12.8 Å². The minimum absolute atomic E-state index is 1.09.